The van der Waals surface area contributed by atoms with Crippen molar-refractivity contribution in [3.63, 3.8) is 0 Å². The minimum atomic E-state index is -0.992. The van der Waals surface area contributed by atoms with Crippen molar-refractivity contribution in [3.8, 4) is 0 Å². The Morgan fingerprint density at radius 1 is 1.40 bits per heavy atom. The molecule has 1 aliphatic heterocycles. The van der Waals surface area contributed by atoms with Crippen LogP contribution >= 0.6 is 0 Å². The first-order chi connectivity index (χ1) is 9.40. The summed E-state index contributed by atoms with van der Waals surface area (Å²) < 4.78 is 5.25. The maximum Gasteiger partial charge on any atom is 0.311 e. The van der Waals surface area contributed by atoms with Gasteiger partial charge in [-0.05, 0) is 32.6 Å². The third kappa shape index (κ3) is 2.86. The van der Waals surface area contributed by atoms with Crippen molar-refractivity contribution >= 4 is 11.9 Å². The van der Waals surface area contributed by atoms with Crippen LogP contribution in [0, 0.1) is 12.8 Å². The van der Waals surface area contributed by atoms with Crippen molar-refractivity contribution in [3.05, 3.63) is 23.2 Å². The molecule has 1 N–H and O–H groups in total. The summed E-state index contributed by atoms with van der Waals surface area (Å²) in [7, 11) is 0. The number of carbonyl (C=O) groups excluding carboxylic acids is 1. The van der Waals surface area contributed by atoms with Gasteiger partial charge in [-0.25, -0.2) is 0 Å². The summed E-state index contributed by atoms with van der Waals surface area (Å²) in [6, 6.07) is 0.186. The summed E-state index contributed by atoms with van der Waals surface area (Å²) in [5.41, 5.74) is 1.13. The minimum Gasteiger partial charge on any atom is -0.481 e. The average Bonchev–Trinajstić information content (AvgIpc) is 2.72. The summed E-state index contributed by atoms with van der Waals surface area (Å²) in [5, 5.41) is 8.90. The van der Waals surface area contributed by atoms with Gasteiger partial charge in [0.25, 0.3) is 5.91 Å². The number of aliphatic carboxylic acids is 1. The van der Waals surface area contributed by atoms with Gasteiger partial charge >= 0.3 is 5.97 Å². The third-order valence-corrected chi connectivity index (χ3v) is 3.96. The van der Waals surface area contributed by atoms with Crippen LogP contribution in [0.2, 0.25) is 0 Å². The molecule has 0 bridgehead atoms. The van der Waals surface area contributed by atoms with Crippen molar-refractivity contribution in [2.75, 3.05) is 6.54 Å². The molecule has 2 heterocycles. The molecule has 0 radical (unpaired) electrons. The predicted molar refractivity (Wildman–Crippen MR) is 73.7 cm³/mol. The normalized spacial score (nSPS) is 22.9. The molecule has 0 saturated carbocycles. The molecule has 1 fully saturated rings. The van der Waals surface area contributed by atoms with Crippen LogP contribution in [-0.2, 0) is 11.2 Å². The quantitative estimate of drug-likeness (QED) is 0.922. The molecule has 1 aromatic heterocycles. The monoisotopic (exact) mass is 279 g/mol. The number of aryl methyl sites for hydroxylation is 1. The zero-order valence-corrected chi connectivity index (χ0v) is 12.2. The van der Waals surface area contributed by atoms with E-state index in [9.17, 15) is 9.59 Å². The fourth-order valence-electron chi connectivity index (χ4n) is 2.77. The van der Waals surface area contributed by atoms with E-state index in [1.165, 1.54) is 6.26 Å². The van der Waals surface area contributed by atoms with Gasteiger partial charge in [-0.1, -0.05) is 6.92 Å². The Balaban J connectivity index is 2.28. The number of furan rings is 1. The fourth-order valence-corrected chi connectivity index (χ4v) is 2.77. The number of rotatable bonds is 3. The molecule has 0 spiro atoms. The second kappa shape index (κ2) is 5.69. The zero-order valence-electron chi connectivity index (χ0n) is 12.2. The van der Waals surface area contributed by atoms with Gasteiger partial charge in [0.2, 0.25) is 0 Å². The highest BCUT2D eigenvalue weighted by Gasteiger charge is 2.31. The Morgan fingerprint density at radius 3 is 2.75 bits per heavy atom. The Labute approximate surface area is 118 Å². The number of carboxylic acid groups (broad SMARTS) is 1. The summed E-state index contributed by atoms with van der Waals surface area (Å²) in [4.78, 5) is 25.4. The van der Waals surface area contributed by atoms with Crippen LogP contribution in [0.3, 0.4) is 0 Å². The second-order valence-corrected chi connectivity index (χ2v) is 5.78. The average molecular weight is 279 g/mol. The van der Waals surface area contributed by atoms with Gasteiger partial charge in [0.1, 0.15) is 12.2 Å². The largest absolute Gasteiger partial charge is 0.481 e. The van der Waals surface area contributed by atoms with E-state index in [1.54, 1.807) is 6.92 Å². The van der Waals surface area contributed by atoms with E-state index in [2.05, 4.69) is 6.92 Å². The molecule has 1 aromatic rings. The van der Waals surface area contributed by atoms with Crippen LogP contribution in [0.4, 0.5) is 0 Å². The van der Waals surface area contributed by atoms with Gasteiger partial charge in [-0.2, -0.15) is 0 Å². The van der Waals surface area contributed by atoms with Gasteiger partial charge in [0.05, 0.1) is 11.8 Å². The lowest BCUT2D eigenvalue weighted by molar-refractivity contribution is -0.136. The first-order valence-electron chi connectivity index (χ1n) is 6.99. The topological polar surface area (TPSA) is 70.7 Å². The highest BCUT2D eigenvalue weighted by molar-refractivity contribution is 5.97. The molecule has 2 rings (SSSR count). The second-order valence-electron chi connectivity index (χ2n) is 5.78. The number of hydrogen-bond acceptors (Lipinski definition) is 3. The molecule has 110 valence electrons. The molecule has 2 unspecified atom stereocenters. The Hall–Kier alpha value is -1.78. The number of likely N-dealkylation sites (tertiary alicyclic amines) is 1. The lowest BCUT2D eigenvalue weighted by Gasteiger charge is -2.37. The number of piperidine rings is 1. The van der Waals surface area contributed by atoms with E-state index in [0.717, 1.165) is 19.4 Å². The standard InChI is InChI=1S/C15H21NO4/c1-9-4-5-11(3)16(7-9)15(19)14-10(2)8-20-12(14)6-13(17)18/h8-9,11H,4-7H2,1-3H3,(H,17,18). The first-order valence-corrected chi connectivity index (χ1v) is 6.99. The van der Waals surface area contributed by atoms with Gasteiger partial charge in [-0.15, -0.1) is 0 Å². The van der Waals surface area contributed by atoms with Crippen LogP contribution in [0.15, 0.2) is 10.7 Å². The van der Waals surface area contributed by atoms with Gasteiger partial charge in [-0.3, -0.25) is 9.59 Å². The lowest BCUT2D eigenvalue weighted by atomic mass is 9.94. The van der Waals surface area contributed by atoms with Crippen LogP contribution < -0.4 is 0 Å². The van der Waals surface area contributed by atoms with Crippen LogP contribution in [0.5, 0.6) is 0 Å². The highest BCUT2D eigenvalue weighted by Crippen LogP contribution is 2.26. The van der Waals surface area contributed by atoms with Gasteiger partial charge < -0.3 is 14.4 Å². The number of carboxylic acids is 1. The Bertz CT molecular complexity index is 520. The molecule has 2 atom stereocenters. The number of amides is 1. The van der Waals surface area contributed by atoms with E-state index in [4.69, 9.17) is 9.52 Å². The summed E-state index contributed by atoms with van der Waals surface area (Å²) in [6.07, 6.45) is 3.31. The van der Waals surface area contributed by atoms with Crippen molar-refractivity contribution in [2.45, 2.75) is 46.1 Å². The molecular weight excluding hydrogens is 258 g/mol. The van der Waals surface area contributed by atoms with Crippen molar-refractivity contribution in [1.82, 2.24) is 4.90 Å². The smallest absolute Gasteiger partial charge is 0.311 e. The van der Waals surface area contributed by atoms with Crippen LogP contribution in [0.1, 0.15) is 48.4 Å². The summed E-state index contributed by atoms with van der Waals surface area (Å²) >= 11 is 0. The SMILES string of the molecule is Cc1coc(CC(=O)O)c1C(=O)N1CC(C)CCC1C. The van der Waals surface area contributed by atoms with Crippen molar-refractivity contribution in [1.29, 1.82) is 0 Å². The molecular formula is C15H21NO4. The van der Waals surface area contributed by atoms with E-state index in [1.807, 2.05) is 11.8 Å². The highest BCUT2D eigenvalue weighted by atomic mass is 16.4. The Kier molecular flexibility index (Phi) is 4.16. The molecule has 1 aliphatic rings. The number of nitrogens with zero attached hydrogens (tertiary/aromatic N) is 1. The van der Waals surface area contributed by atoms with E-state index < -0.39 is 5.97 Å². The number of carbonyl (C=O) groups is 2. The molecule has 5 heteroatoms. The van der Waals surface area contributed by atoms with E-state index in [0.29, 0.717) is 17.0 Å². The van der Waals surface area contributed by atoms with E-state index >= 15 is 0 Å². The third-order valence-electron chi connectivity index (χ3n) is 3.96. The summed E-state index contributed by atoms with van der Waals surface area (Å²) in [5.74, 6) is -0.365. The zero-order chi connectivity index (χ0) is 14.9. The van der Waals surface area contributed by atoms with Crippen molar-refractivity contribution in [2.24, 2.45) is 5.92 Å². The van der Waals surface area contributed by atoms with Gasteiger partial charge in [0.15, 0.2) is 0 Å². The first kappa shape index (κ1) is 14.6. The number of hydrogen-bond donors (Lipinski definition) is 1. The summed E-state index contributed by atoms with van der Waals surface area (Å²) in [6.45, 7) is 6.67. The molecule has 1 amide bonds. The maximum atomic E-state index is 12.7. The van der Waals surface area contributed by atoms with Crippen LogP contribution in [0.25, 0.3) is 0 Å². The van der Waals surface area contributed by atoms with E-state index in [-0.39, 0.29) is 24.1 Å². The lowest BCUT2D eigenvalue weighted by Crippen LogP contribution is -2.45. The predicted octanol–water partition coefficient (Wildman–Crippen LogP) is 2.48. The molecule has 0 aliphatic carbocycles. The maximum absolute atomic E-state index is 12.7. The Morgan fingerprint density at radius 2 is 2.10 bits per heavy atom. The van der Waals surface area contributed by atoms with Crippen molar-refractivity contribution < 1.29 is 19.1 Å². The molecule has 1 saturated heterocycles. The minimum absolute atomic E-state index is 0.105. The molecule has 0 aromatic carbocycles. The van der Waals surface area contributed by atoms with Crippen LogP contribution in [-0.4, -0.2) is 34.5 Å². The molecule has 5 nitrogen and oxygen atoms in total. The fraction of sp³-hybridized carbons (Fsp3) is 0.600. The molecule has 20 heavy (non-hydrogen) atoms. The van der Waals surface area contributed by atoms with Gasteiger partial charge in [0, 0.05) is 18.2 Å².